The van der Waals surface area contributed by atoms with Gasteiger partial charge < -0.3 is 9.80 Å². The minimum Gasteiger partial charge on any atom is -0.336 e. The standard InChI is InChI=1S/C22H22N6O2/c1-15-7-8-24-21(20(15)22(30)27-11-9-26(2)10-12-27)18-13-19(29)28(25-18)17-5-3-16(14-23)4-6-17/h3-8,13,25H,9-12H2,1-2H3. The Bertz CT molecular complexity index is 1180. The lowest BCUT2D eigenvalue weighted by Gasteiger charge is -2.33. The molecule has 1 N–H and O–H groups in total. The summed E-state index contributed by atoms with van der Waals surface area (Å²) in [4.78, 5) is 34.4. The number of hydrogen-bond donors (Lipinski definition) is 1. The minimum atomic E-state index is -0.268. The fourth-order valence-corrected chi connectivity index (χ4v) is 3.59. The number of pyridine rings is 1. The van der Waals surface area contributed by atoms with Crippen molar-refractivity contribution >= 4 is 5.91 Å². The third kappa shape index (κ3) is 3.63. The SMILES string of the molecule is Cc1ccnc(-c2cc(=O)n(-c3ccc(C#N)cc3)[nH]2)c1C(=O)N1CCN(C)CC1. The number of carbonyl (C=O) groups is 1. The minimum absolute atomic E-state index is 0.0735. The van der Waals surface area contributed by atoms with Gasteiger partial charge in [0, 0.05) is 38.4 Å². The number of aryl methyl sites for hydroxylation is 1. The van der Waals surface area contributed by atoms with E-state index in [1.165, 1.54) is 10.7 Å². The Labute approximate surface area is 174 Å². The zero-order valence-electron chi connectivity index (χ0n) is 16.9. The van der Waals surface area contributed by atoms with Crippen molar-refractivity contribution in [3.05, 3.63) is 69.6 Å². The highest BCUT2D eigenvalue weighted by Gasteiger charge is 2.26. The molecule has 30 heavy (non-hydrogen) atoms. The summed E-state index contributed by atoms with van der Waals surface area (Å²) in [5.74, 6) is -0.0735. The molecule has 0 bridgehead atoms. The van der Waals surface area contributed by atoms with Crippen molar-refractivity contribution in [2.24, 2.45) is 0 Å². The lowest BCUT2D eigenvalue weighted by Crippen LogP contribution is -2.47. The smallest absolute Gasteiger partial charge is 0.271 e. The number of aromatic amines is 1. The molecule has 0 spiro atoms. The van der Waals surface area contributed by atoms with E-state index in [0.717, 1.165) is 18.7 Å². The highest BCUT2D eigenvalue weighted by molar-refractivity contribution is 6.01. The number of piperazine rings is 1. The molecule has 3 heterocycles. The molecule has 0 radical (unpaired) electrons. The Balaban J connectivity index is 1.73. The summed E-state index contributed by atoms with van der Waals surface area (Å²) in [7, 11) is 2.04. The van der Waals surface area contributed by atoms with Gasteiger partial charge in [0.05, 0.1) is 28.6 Å². The van der Waals surface area contributed by atoms with Crippen molar-refractivity contribution in [3.8, 4) is 23.1 Å². The number of hydrogen-bond acceptors (Lipinski definition) is 5. The molecule has 8 heteroatoms. The molecule has 0 atom stereocenters. The molecule has 1 aromatic carbocycles. The first-order chi connectivity index (χ1) is 14.5. The Morgan fingerprint density at radius 3 is 2.50 bits per heavy atom. The largest absolute Gasteiger partial charge is 0.336 e. The van der Waals surface area contributed by atoms with Crippen LogP contribution in [0.25, 0.3) is 17.1 Å². The second-order valence-corrected chi connectivity index (χ2v) is 7.45. The number of nitrogens with zero attached hydrogens (tertiary/aromatic N) is 5. The number of aromatic nitrogens is 3. The van der Waals surface area contributed by atoms with Crippen molar-refractivity contribution in [1.29, 1.82) is 5.26 Å². The topological polar surface area (TPSA) is 98.0 Å². The maximum absolute atomic E-state index is 13.3. The first kappa shape index (κ1) is 19.6. The second-order valence-electron chi connectivity index (χ2n) is 7.45. The van der Waals surface area contributed by atoms with Crippen molar-refractivity contribution in [1.82, 2.24) is 24.6 Å². The lowest BCUT2D eigenvalue weighted by molar-refractivity contribution is 0.0664. The summed E-state index contributed by atoms with van der Waals surface area (Å²) in [6.45, 7) is 4.85. The molecule has 2 aromatic heterocycles. The van der Waals surface area contributed by atoms with Crippen molar-refractivity contribution < 1.29 is 4.79 Å². The lowest BCUT2D eigenvalue weighted by atomic mass is 10.0. The van der Waals surface area contributed by atoms with Crippen LogP contribution in [0.3, 0.4) is 0 Å². The molecule has 152 valence electrons. The number of carbonyl (C=O) groups excluding carboxylic acids is 1. The molecular weight excluding hydrogens is 380 g/mol. The number of benzene rings is 1. The zero-order valence-corrected chi connectivity index (χ0v) is 16.9. The predicted octanol–water partition coefficient (Wildman–Crippen LogP) is 1.80. The van der Waals surface area contributed by atoms with Crippen LogP contribution < -0.4 is 5.56 Å². The van der Waals surface area contributed by atoms with Gasteiger partial charge in [-0.1, -0.05) is 0 Å². The molecule has 8 nitrogen and oxygen atoms in total. The quantitative estimate of drug-likeness (QED) is 0.720. The van der Waals surface area contributed by atoms with Crippen molar-refractivity contribution in [3.63, 3.8) is 0 Å². The molecule has 0 unspecified atom stereocenters. The van der Waals surface area contributed by atoms with Gasteiger partial charge in [-0.15, -0.1) is 0 Å². The van der Waals surface area contributed by atoms with E-state index >= 15 is 0 Å². The van der Waals surface area contributed by atoms with Crippen LogP contribution in [0.1, 0.15) is 21.5 Å². The van der Waals surface area contributed by atoms with Gasteiger partial charge in [0.1, 0.15) is 5.69 Å². The van der Waals surface area contributed by atoms with Crippen molar-refractivity contribution in [2.45, 2.75) is 6.92 Å². The summed E-state index contributed by atoms with van der Waals surface area (Å²) in [6, 6.07) is 12.0. The molecule has 4 rings (SSSR count). The summed E-state index contributed by atoms with van der Waals surface area (Å²) >= 11 is 0. The molecule has 3 aromatic rings. The van der Waals surface area contributed by atoms with E-state index in [-0.39, 0.29) is 11.5 Å². The summed E-state index contributed by atoms with van der Waals surface area (Å²) < 4.78 is 1.38. The third-order valence-corrected chi connectivity index (χ3v) is 5.39. The molecule has 1 amide bonds. The van der Waals surface area contributed by atoms with Gasteiger partial charge in [-0.05, 0) is 49.9 Å². The van der Waals surface area contributed by atoms with Gasteiger partial charge >= 0.3 is 0 Å². The fraction of sp³-hybridized carbons (Fsp3) is 0.273. The number of nitrogens with one attached hydrogen (secondary N) is 1. The van der Waals surface area contributed by atoms with Gasteiger partial charge in [0.15, 0.2) is 0 Å². The summed E-state index contributed by atoms with van der Waals surface area (Å²) in [6.07, 6.45) is 1.64. The van der Waals surface area contributed by atoms with Crippen LogP contribution in [0.4, 0.5) is 0 Å². The molecule has 1 aliphatic rings. The molecule has 1 aliphatic heterocycles. The molecule has 0 aliphatic carbocycles. The van der Waals surface area contributed by atoms with Crippen molar-refractivity contribution in [2.75, 3.05) is 33.2 Å². The predicted molar refractivity (Wildman–Crippen MR) is 112 cm³/mol. The highest BCUT2D eigenvalue weighted by atomic mass is 16.2. The number of H-pyrrole nitrogens is 1. The normalized spacial score (nSPS) is 14.5. The molecular formula is C22H22N6O2. The van der Waals surface area contributed by atoms with Crippen LogP contribution in [-0.4, -0.2) is 63.7 Å². The summed E-state index contributed by atoms with van der Waals surface area (Å²) in [5.41, 5.74) is 3.11. The van der Waals surface area contributed by atoms with Crippen LogP contribution in [0.15, 0.2) is 47.4 Å². The highest BCUT2D eigenvalue weighted by Crippen LogP contribution is 2.24. The van der Waals surface area contributed by atoms with Gasteiger partial charge in [-0.3, -0.25) is 19.7 Å². The Morgan fingerprint density at radius 2 is 1.83 bits per heavy atom. The van der Waals surface area contributed by atoms with Crippen LogP contribution in [0, 0.1) is 18.3 Å². The van der Waals surface area contributed by atoms with E-state index in [1.54, 1.807) is 30.5 Å². The van der Waals surface area contributed by atoms with E-state index in [4.69, 9.17) is 5.26 Å². The maximum atomic E-state index is 13.3. The first-order valence-electron chi connectivity index (χ1n) is 9.74. The number of likely N-dealkylation sites (N-methyl/N-ethyl adjacent to an activating group) is 1. The number of rotatable bonds is 3. The number of amides is 1. The first-order valence-corrected chi connectivity index (χ1v) is 9.74. The number of nitriles is 1. The maximum Gasteiger partial charge on any atom is 0.271 e. The zero-order chi connectivity index (χ0) is 21.3. The average Bonchev–Trinajstić information content (AvgIpc) is 3.15. The van der Waals surface area contributed by atoms with E-state index in [1.807, 2.05) is 24.9 Å². The molecule has 1 fully saturated rings. The molecule has 0 saturated carbocycles. The van der Waals surface area contributed by atoms with E-state index in [2.05, 4.69) is 21.1 Å². The van der Waals surface area contributed by atoms with E-state index < -0.39 is 0 Å². The Kier molecular flexibility index (Phi) is 5.21. The monoisotopic (exact) mass is 402 g/mol. The van der Waals surface area contributed by atoms with Gasteiger partial charge in [0.25, 0.3) is 11.5 Å². The van der Waals surface area contributed by atoms with Gasteiger partial charge in [-0.2, -0.15) is 5.26 Å². The van der Waals surface area contributed by atoms with E-state index in [0.29, 0.717) is 41.3 Å². The van der Waals surface area contributed by atoms with Crippen LogP contribution in [0.2, 0.25) is 0 Å². The van der Waals surface area contributed by atoms with Crippen LogP contribution >= 0.6 is 0 Å². The van der Waals surface area contributed by atoms with Gasteiger partial charge in [0.2, 0.25) is 0 Å². The average molecular weight is 402 g/mol. The fourth-order valence-electron chi connectivity index (χ4n) is 3.59. The van der Waals surface area contributed by atoms with E-state index in [9.17, 15) is 9.59 Å². The molecule has 1 saturated heterocycles. The van der Waals surface area contributed by atoms with Crippen LogP contribution in [-0.2, 0) is 0 Å². The Hall–Kier alpha value is -3.70. The van der Waals surface area contributed by atoms with Gasteiger partial charge in [-0.25, -0.2) is 4.68 Å². The third-order valence-electron chi connectivity index (χ3n) is 5.39. The second kappa shape index (κ2) is 7.97. The summed E-state index contributed by atoms with van der Waals surface area (Å²) in [5, 5.41) is 12.0. The Morgan fingerprint density at radius 1 is 1.13 bits per heavy atom. The van der Waals surface area contributed by atoms with Crippen LogP contribution in [0.5, 0.6) is 0 Å².